The van der Waals surface area contributed by atoms with E-state index in [1.165, 1.54) is 29.2 Å². The zero-order valence-electron chi connectivity index (χ0n) is 26.2. The van der Waals surface area contributed by atoms with Crippen LogP contribution in [0.4, 0.5) is 18.9 Å². The molecule has 4 aromatic carbocycles. The first-order valence-electron chi connectivity index (χ1n) is 15.7. The van der Waals surface area contributed by atoms with Crippen LogP contribution in [0, 0.1) is 0 Å². The summed E-state index contributed by atoms with van der Waals surface area (Å²) in [5, 5.41) is 2.83. The lowest BCUT2D eigenvalue weighted by molar-refractivity contribution is -0.140. The lowest BCUT2D eigenvalue weighted by Gasteiger charge is -2.34. The minimum Gasteiger partial charge on any atom is -0.352 e. The molecule has 0 spiro atoms. The van der Waals surface area contributed by atoms with Crippen LogP contribution in [0.5, 0.6) is 0 Å². The van der Waals surface area contributed by atoms with Gasteiger partial charge in [-0.15, -0.1) is 0 Å². The zero-order valence-corrected chi connectivity index (χ0v) is 28.6. The molecule has 1 N–H and O–H groups in total. The maximum atomic E-state index is 14.6. The fourth-order valence-corrected chi connectivity index (χ4v) is 7.75. The van der Waals surface area contributed by atoms with Gasteiger partial charge in [-0.3, -0.25) is 13.9 Å². The van der Waals surface area contributed by atoms with Crippen LogP contribution in [0.3, 0.4) is 0 Å². The summed E-state index contributed by atoms with van der Waals surface area (Å²) in [5.74, 6) is -1.24. The highest BCUT2D eigenvalue weighted by atomic mass is 35.5. The zero-order chi connectivity index (χ0) is 35.2. The molecule has 13 heteroatoms. The maximum Gasteiger partial charge on any atom is 0.417 e. The highest BCUT2D eigenvalue weighted by molar-refractivity contribution is 7.92. The molecule has 7 nitrogen and oxygen atoms in total. The van der Waals surface area contributed by atoms with Crippen LogP contribution < -0.4 is 9.62 Å². The van der Waals surface area contributed by atoms with Crippen LogP contribution in [0.1, 0.15) is 42.4 Å². The van der Waals surface area contributed by atoms with E-state index in [1.54, 1.807) is 42.5 Å². The van der Waals surface area contributed by atoms with Crippen molar-refractivity contribution < 1.29 is 31.2 Å². The summed E-state index contributed by atoms with van der Waals surface area (Å²) in [5.41, 5.74) is -0.372. The summed E-state index contributed by atoms with van der Waals surface area (Å²) in [7, 11) is -4.61. The number of sulfonamides is 1. The van der Waals surface area contributed by atoms with Gasteiger partial charge < -0.3 is 10.2 Å². The van der Waals surface area contributed by atoms with Gasteiger partial charge in [-0.1, -0.05) is 96.7 Å². The summed E-state index contributed by atoms with van der Waals surface area (Å²) in [6.07, 6.45) is -1.34. The normalized spacial score (nSPS) is 14.3. The average molecular weight is 733 g/mol. The van der Waals surface area contributed by atoms with Crippen molar-refractivity contribution >= 4 is 50.7 Å². The van der Waals surface area contributed by atoms with E-state index in [2.05, 4.69) is 5.32 Å². The smallest absolute Gasteiger partial charge is 0.352 e. The minimum atomic E-state index is -4.91. The minimum absolute atomic E-state index is 0.0845. The molecule has 4 aromatic rings. The van der Waals surface area contributed by atoms with Crippen molar-refractivity contribution in [3.05, 3.63) is 130 Å². The van der Waals surface area contributed by atoms with Crippen LogP contribution in [0.25, 0.3) is 0 Å². The Morgan fingerprint density at radius 2 is 1.47 bits per heavy atom. The first-order valence-corrected chi connectivity index (χ1v) is 17.9. The SMILES string of the molecule is O=C(NC1CCCC1)C(Cc1ccccc1)N(Cc1cccc(Cl)c1)C(=O)CN(c1ccc(Cl)c(C(F)(F)F)c1)S(=O)(=O)c1ccccc1. The molecule has 0 saturated heterocycles. The number of halogens is 5. The van der Waals surface area contributed by atoms with Crippen LogP contribution in [-0.4, -0.2) is 43.8 Å². The molecule has 0 bridgehead atoms. The Kier molecular flexibility index (Phi) is 11.6. The molecule has 5 rings (SSSR count). The predicted octanol–water partition coefficient (Wildman–Crippen LogP) is 7.91. The van der Waals surface area contributed by atoms with Gasteiger partial charge >= 0.3 is 6.18 Å². The Labute approximate surface area is 293 Å². The van der Waals surface area contributed by atoms with Gasteiger partial charge in [-0.25, -0.2) is 8.42 Å². The standard InChI is InChI=1S/C36H34Cl2F3N3O4S/c37-27-13-9-12-26(20-27)23-43(33(21-25-10-3-1-4-11-25)35(46)42-28-14-7-8-15-28)34(45)24-44(49(47,48)30-16-5-2-6-17-30)29-18-19-32(38)31(22-29)36(39,40)41/h1-6,9-13,16-20,22,28,33H,7-8,14-15,21,23-24H2,(H,42,46). The predicted molar refractivity (Wildman–Crippen MR) is 184 cm³/mol. The van der Waals surface area contributed by atoms with E-state index < -0.39 is 56.9 Å². The highest BCUT2D eigenvalue weighted by Gasteiger charge is 2.38. The Balaban J connectivity index is 1.61. The van der Waals surface area contributed by atoms with Gasteiger partial charge in [0.15, 0.2) is 0 Å². The molecule has 2 amide bonds. The van der Waals surface area contributed by atoms with E-state index in [4.69, 9.17) is 23.2 Å². The summed E-state index contributed by atoms with van der Waals surface area (Å²) >= 11 is 12.2. The van der Waals surface area contributed by atoms with Gasteiger partial charge in [0.1, 0.15) is 12.6 Å². The molecule has 1 fully saturated rings. The molecule has 258 valence electrons. The third kappa shape index (κ3) is 9.14. The quantitative estimate of drug-likeness (QED) is 0.161. The van der Waals surface area contributed by atoms with E-state index in [-0.39, 0.29) is 23.9 Å². The van der Waals surface area contributed by atoms with Crippen molar-refractivity contribution in [1.29, 1.82) is 0 Å². The number of benzene rings is 4. The summed E-state index contributed by atoms with van der Waals surface area (Å²) < 4.78 is 70.7. The molecule has 1 aliphatic rings. The fraction of sp³-hybridized carbons (Fsp3) is 0.278. The number of carbonyl (C=O) groups excluding carboxylic acids is 2. The first-order chi connectivity index (χ1) is 23.3. The topological polar surface area (TPSA) is 86.8 Å². The molecule has 1 atom stereocenters. The van der Waals surface area contributed by atoms with Crippen molar-refractivity contribution in [3.63, 3.8) is 0 Å². The number of rotatable bonds is 12. The molecule has 1 saturated carbocycles. The van der Waals surface area contributed by atoms with E-state index in [0.29, 0.717) is 21.0 Å². The second-order valence-electron chi connectivity index (χ2n) is 11.8. The number of nitrogens with zero attached hydrogens (tertiary/aromatic N) is 2. The van der Waals surface area contributed by atoms with E-state index in [1.807, 2.05) is 18.2 Å². The van der Waals surface area contributed by atoms with Gasteiger partial charge in [0.25, 0.3) is 10.0 Å². The third-order valence-electron chi connectivity index (χ3n) is 8.37. The number of amides is 2. The Bertz CT molecular complexity index is 1870. The number of anilines is 1. The molecule has 0 aliphatic heterocycles. The number of carbonyl (C=O) groups is 2. The molecule has 1 aliphatic carbocycles. The van der Waals surface area contributed by atoms with Crippen molar-refractivity contribution in [1.82, 2.24) is 10.2 Å². The van der Waals surface area contributed by atoms with Gasteiger partial charge in [0.05, 0.1) is 21.2 Å². The second-order valence-corrected chi connectivity index (χ2v) is 14.5. The summed E-state index contributed by atoms with van der Waals surface area (Å²) in [4.78, 5) is 29.7. The third-order valence-corrected chi connectivity index (χ3v) is 10.7. The van der Waals surface area contributed by atoms with Gasteiger partial charge in [-0.05, 0) is 66.4 Å². The van der Waals surface area contributed by atoms with E-state index >= 15 is 0 Å². The van der Waals surface area contributed by atoms with E-state index in [0.717, 1.165) is 43.4 Å². The molecule has 0 aromatic heterocycles. The van der Waals surface area contributed by atoms with Crippen LogP contribution in [-0.2, 0) is 38.8 Å². The highest BCUT2D eigenvalue weighted by Crippen LogP contribution is 2.38. The fourth-order valence-electron chi connectivity index (χ4n) is 5.89. The molecular weight excluding hydrogens is 698 g/mol. The van der Waals surface area contributed by atoms with Crippen molar-refractivity contribution in [2.24, 2.45) is 0 Å². The van der Waals surface area contributed by atoms with Gasteiger partial charge in [0, 0.05) is 24.0 Å². The maximum absolute atomic E-state index is 14.6. The average Bonchev–Trinajstić information content (AvgIpc) is 3.59. The summed E-state index contributed by atoms with van der Waals surface area (Å²) in [6.45, 7) is -1.05. The number of hydrogen-bond donors (Lipinski definition) is 1. The van der Waals surface area contributed by atoms with Crippen LogP contribution >= 0.6 is 23.2 Å². The second kappa shape index (κ2) is 15.7. The first kappa shape index (κ1) is 36.2. The summed E-state index contributed by atoms with van der Waals surface area (Å²) in [6, 6.07) is 24.3. The Hall–Kier alpha value is -4.06. The van der Waals surface area contributed by atoms with Crippen molar-refractivity contribution in [3.8, 4) is 0 Å². The lowest BCUT2D eigenvalue weighted by Crippen LogP contribution is -2.54. The van der Waals surface area contributed by atoms with Crippen molar-refractivity contribution in [2.75, 3.05) is 10.8 Å². The lowest BCUT2D eigenvalue weighted by atomic mass is 10.0. The van der Waals surface area contributed by atoms with Crippen LogP contribution in [0.15, 0.2) is 108 Å². The van der Waals surface area contributed by atoms with E-state index in [9.17, 15) is 31.2 Å². The Morgan fingerprint density at radius 1 is 0.837 bits per heavy atom. The van der Waals surface area contributed by atoms with Crippen molar-refractivity contribution in [2.45, 2.75) is 61.8 Å². The number of nitrogens with one attached hydrogen (secondary N) is 1. The molecule has 0 radical (unpaired) electrons. The number of hydrogen-bond acceptors (Lipinski definition) is 4. The monoisotopic (exact) mass is 731 g/mol. The number of alkyl halides is 3. The molecule has 0 heterocycles. The molecule has 1 unspecified atom stereocenters. The molecule has 49 heavy (non-hydrogen) atoms. The largest absolute Gasteiger partial charge is 0.417 e. The molecular formula is C36H34Cl2F3N3O4S. The van der Waals surface area contributed by atoms with Gasteiger partial charge in [0.2, 0.25) is 11.8 Å². The van der Waals surface area contributed by atoms with Gasteiger partial charge in [-0.2, -0.15) is 13.2 Å². The Morgan fingerprint density at radius 3 is 2.10 bits per heavy atom. The van der Waals surface area contributed by atoms with Crippen LogP contribution in [0.2, 0.25) is 10.0 Å².